The molecule has 7 nitrogen and oxygen atoms in total. The van der Waals surface area contributed by atoms with Crippen molar-refractivity contribution in [2.45, 2.75) is 45.3 Å². The zero-order valence-electron chi connectivity index (χ0n) is 17.2. The van der Waals surface area contributed by atoms with Crippen LogP contribution in [0.5, 0.6) is 0 Å². The van der Waals surface area contributed by atoms with Gasteiger partial charge in [-0.15, -0.1) is 11.3 Å². The van der Waals surface area contributed by atoms with E-state index in [1.807, 2.05) is 19.9 Å². The number of rotatable bonds is 5. The van der Waals surface area contributed by atoms with Crippen molar-refractivity contribution in [3.8, 4) is 6.07 Å². The van der Waals surface area contributed by atoms with E-state index in [9.17, 15) is 14.9 Å². The third kappa shape index (κ3) is 5.05. The molecule has 2 heterocycles. The average molecular weight is 425 g/mol. The number of nitrogens with one attached hydrogen (secondary N) is 1. The highest BCUT2D eigenvalue weighted by Crippen LogP contribution is 2.38. The molecule has 1 unspecified atom stereocenters. The van der Waals surface area contributed by atoms with Gasteiger partial charge >= 0.3 is 6.09 Å². The standard InChI is InChI=1S/C22H24N4O3S/c1-14(2)26(3)22(28)29-16-7-8-17-18(12-23)21(30-19(17)11-16)25-20(27)9-6-15-5-4-10-24-13-15/h4-6,9-10,13-14,16H,7-8,11H2,1-3H3,(H,25,27)/b9-6+. The fraction of sp³-hybridized carbons (Fsp3) is 0.364. The smallest absolute Gasteiger partial charge is 0.410 e. The summed E-state index contributed by atoms with van der Waals surface area (Å²) in [5, 5.41) is 13.0. The molecule has 2 amide bonds. The maximum Gasteiger partial charge on any atom is 0.410 e. The number of carbonyl (C=O) groups excluding carboxylic acids is 2. The number of nitriles is 1. The lowest BCUT2D eigenvalue weighted by Gasteiger charge is -2.27. The van der Waals surface area contributed by atoms with Crippen molar-refractivity contribution in [1.29, 1.82) is 5.26 Å². The highest BCUT2D eigenvalue weighted by atomic mass is 32.1. The zero-order valence-corrected chi connectivity index (χ0v) is 18.0. The SMILES string of the molecule is CC(C)N(C)C(=O)OC1CCc2c(sc(NC(=O)/C=C/c3cccnc3)c2C#N)C1. The minimum atomic E-state index is -0.343. The monoisotopic (exact) mass is 424 g/mol. The number of fused-ring (bicyclic) bond motifs is 1. The summed E-state index contributed by atoms with van der Waals surface area (Å²) < 4.78 is 5.63. The van der Waals surface area contributed by atoms with Gasteiger partial charge in [0.05, 0.1) is 5.56 Å². The van der Waals surface area contributed by atoms with Gasteiger partial charge in [0.1, 0.15) is 17.2 Å². The first-order valence-electron chi connectivity index (χ1n) is 9.76. The Kier molecular flexibility index (Phi) is 6.85. The van der Waals surface area contributed by atoms with Crippen molar-refractivity contribution in [1.82, 2.24) is 9.88 Å². The number of anilines is 1. The summed E-state index contributed by atoms with van der Waals surface area (Å²) in [5.74, 6) is -0.310. The Morgan fingerprint density at radius 1 is 1.47 bits per heavy atom. The van der Waals surface area contributed by atoms with Gasteiger partial charge in [0.2, 0.25) is 5.91 Å². The van der Waals surface area contributed by atoms with Gasteiger partial charge in [0.25, 0.3) is 0 Å². The summed E-state index contributed by atoms with van der Waals surface area (Å²) in [4.78, 5) is 31.1. The van der Waals surface area contributed by atoms with E-state index in [-0.39, 0.29) is 24.1 Å². The van der Waals surface area contributed by atoms with E-state index >= 15 is 0 Å². The van der Waals surface area contributed by atoms with Crippen molar-refractivity contribution in [2.75, 3.05) is 12.4 Å². The Morgan fingerprint density at radius 2 is 2.27 bits per heavy atom. The van der Waals surface area contributed by atoms with E-state index in [0.29, 0.717) is 29.8 Å². The first kappa shape index (κ1) is 21.5. The predicted octanol–water partition coefficient (Wildman–Crippen LogP) is 4.00. The lowest BCUT2D eigenvalue weighted by atomic mass is 9.94. The first-order valence-corrected chi connectivity index (χ1v) is 10.6. The molecule has 0 aromatic carbocycles. The molecule has 0 aliphatic heterocycles. The van der Waals surface area contributed by atoms with E-state index in [2.05, 4.69) is 16.4 Å². The van der Waals surface area contributed by atoms with Crippen LogP contribution in [0.2, 0.25) is 0 Å². The first-order chi connectivity index (χ1) is 14.4. The van der Waals surface area contributed by atoms with Crippen molar-refractivity contribution in [3.05, 3.63) is 52.2 Å². The average Bonchev–Trinajstić information content (AvgIpc) is 3.08. The topological polar surface area (TPSA) is 95.3 Å². The van der Waals surface area contributed by atoms with Crippen molar-refractivity contribution in [3.63, 3.8) is 0 Å². The molecule has 0 spiro atoms. The van der Waals surface area contributed by atoms with Crippen LogP contribution in [-0.4, -0.2) is 41.1 Å². The number of thiophene rings is 1. The number of nitrogens with zero attached hydrogens (tertiary/aromatic N) is 3. The van der Waals surface area contributed by atoms with Gasteiger partial charge in [-0.25, -0.2) is 4.79 Å². The van der Waals surface area contributed by atoms with Crippen LogP contribution in [0.25, 0.3) is 6.08 Å². The molecule has 1 aliphatic rings. The van der Waals surface area contributed by atoms with Crippen LogP contribution in [0.15, 0.2) is 30.6 Å². The fourth-order valence-electron chi connectivity index (χ4n) is 3.10. The van der Waals surface area contributed by atoms with Crippen molar-refractivity contribution < 1.29 is 14.3 Å². The van der Waals surface area contributed by atoms with Crippen LogP contribution in [0.3, 0.4) is 0 Å². The Bertz CT molecular complexity index is 992. The molecule has 0 saturated heterocycles. The normalized spacial score (nSPS) is 15.5. The van der Waals surface area contributed by atoms with Gasteiger partial charge < -0.3 is 15.0 Å². The Balaban J connectivity index is 1.69. The molecule has 30 heavy (non-hydrogen) atoms. The Labute approximate surface area is 180 Å². The molecule has 1 N–H and O–H groups in total. The second-order valence-electron chi connectivity index (χ2n) is 7.38. The summed E-state index contributed by atoms with van der Waals surface area (Å²) in [5.41, 5.74) is 2.26. The molecular formula is C22H24N4O3S. The molecule has 0 saturated carbocycles. The van der Waals surface area contributed by atoms with Crippen LogP contribution in [0, 0.1) is 11.3 Å². The van der Waals surface area contributed by atoms with Crippen LogP contribution >= 0.6 is 11.3 Å². The summed E-state index contributed by atoms with van der Waals surface area (Å²) in [7, 11) is 1.72. The molecule has 156 valence electrons. The lowest BCUT2D eigenvalue weighted by molar-refractivity contribution is -0.111. The summed E-state index contributed by atoms with van der Waals surface area (Å²) in [6.45, 7) is 3.85. The summed E-state index contributed by atoms with van der Waals surface area (Å²) in [6, 6.07) is 5.92. The van der Waals surface area contributed by atoms with Crippen LogP contribution in [0.1, 0.15) is 41.8 Å². The molecule has 0 bridgehead atoms. The lowest BCUT2D eigenvalue weighted by Crippen LogP contribution is -2.37. The molecular weight excluding hydrogens is 400 g/mol. The largest absolute Gasteiger partial charge is 0.446 e. The van der Waals surface area contributed by atoms with E-state index < -0.39 is 0 Å². The minimum Gasteiger partial charge on any atom is -0.446 e. The molecule has 1 aliphatic carbocycles. The Hall–Kier alpha value is -3.18. The maximum absolute atomic E-state index is 12.3. The van der Waals surface area contributed by atoms with Crippen LogP contribution < -0.4 is 5.32 Å². The minimum absolute atomic E-state index is 0.0603. The van der Waals surface area contributed by atoms with E-state index in [1.54, 1.807) is 36.5 Å². The molecule has 2 aromatic heterocycles. The van der Waals surface area contributed by atoms with Gasteiger partial charge in [0.15, 0.2) is 0 Å². The van der Waals surface area contributed by atoms with Crippen molar-refractivity contribution >= 4 is 34.4 Å². The molecule has 0 fully saturated rings. The number of carbonyl (C=O) groups is 2. The van der Waals surface area contributed by atoms with Gasteiger partial charge in [-0.05, 0) is 50.0 Å². The predicted molar refractivity (Wildman–Crippen MR) is 116 cm³/mol. The highest BCUT2D eigenvalue weighted by molar-refractivity contribution is 7.16. The van der Waals surface area contributed by atoms with Gasteiger partial charge in [-0.2, -0.15) is 5.26 Å². The van der Waals surface area contributed by atoms with E-state index in [1.165, 1.54) is 17.4 Å². The van der Waals surface area contributed by atoms with Gasteiger partial charge in [-0.3, -0.25) is 9.78 Å². The molecule has 1 atom stereocenters. The van der Waals surface area contributed by atoms with Gasteiger partial charge in [0, 0.05) is 42.9 Å². The fourth-order valence-corrected chi connectivity index (χ4v) is 4.36. The van der Waals surface area contributed by atoms with Gasteiger partial charge in [-0.1, -0.05) is 6.07 Å². The number of aromatic nitrogens is 1. The molecule has 0 radical (unpaired) electrons. The van der Waals surface area contributed by atoms with E-state index in [4.69, 9.17) is 4.74 Å². The summed E-state index contributed by atoms with van der Waals surface area (Å²) in [6.07, 6.45) is 7.68. The van der Waals surface area contributed by atoms with Crippen LogP contribution in [0.4, 0.5) is 9.80 Å². The van der Waals surface area contributed by atoms with E-state index in [0.717, 1.165) is 16.0 Å². The highest BCUT2D eigenvalue weighted by Gasteiger charge is 2.29. The zero-order chi connectivity index (χ0) is 21.7. The second-order valence-corrected chi connectivity index (χ2v) is 8.49. The maximum atomic E-state index is 12.3. The Morgan fingerprint density at radius 3 is 2.93 bits per heavy atom. The van der Waals surface area contributed by atoms with Crippen molar-refractivity contribution in [2.24, 2.45) is 0 Å². The molecule has 2 aromatic rings. The summed E-state index contributed by atoms with van der Waals surface area (Å²) >= 11 is 1.38. The molecule has 8 heteroatoms. The second kappa shape index (κ2) is 9.55. The number of amides is 2. The quantitative estimate of drug-likeness (QED) is 0.732. The third-order valence-electron chi connectivity index (χ3n) is 5.01. The third-order valence-corrected chi connectivity index (χ3v) is 6.18. The number of hydrogen-bond acceptors (Lipinski definition) is 6. The number of ether oxygens (including phenoxy) is 1. The molecule has 3 rings (SSSR count). The van der Waals surface area contributed by atoms with Crippen LogP contribution in [-0.2, 0) is 22.4 Å². The number of hydrogen-bond donors (Lipinski definition) is 1. The number of pyridine rings is 1.